The molecule has 4 rings (SSSR count). The van der Waals surface area contributed by atoms with Crippen LogP contribution in [0, 0.1) is 6.92 Å². The van der Waals surface area contributed by atoms with Gasteiger partial charge in [-0.05, 0) is 53.6 Å². The van der Waals surface area contributed by atoms with Gasteiger partial charge in [0.2, 0.25) is 0 Å². The van der Waals surface area contributed by atoms with Gasteiger partial charge in [-0.25, -0.2) is 0 Å². The average Bonchev–Trinajstić information content (AvgIpc) is 3.38. The maximum Gasteiger partial charge on any atom is 0.279 e. The molecule has 1 atom stereocenters. The number of sulfonamides is 1. The lowest BCUT2D eigenvalue weighted by molar-refractivity contribution is 0.368. The van der Waals surface area contributed by atoms with Gasteiger partial charge in [0.15, 0.2) is 0 Å². The van der Waals surface area contributed by atoms with Crippen LogP contribution >= 0.6 is 11.3 Å². The number of aryl methyl sites for hydroxylation is 1. The van der Waals surface area contributed by atoms with E-state index in [9.17, 15) is 8.42 Å². The second-order valence-electron chi connectivity index (χ2n) is 6.65. The highest BCUT2D eigenvalue weighted by Crippen LogP contribution is 2.38. The van der Waals surface area contributed by atoms with E-state index >= 15 is 0 Å². The van der Waals surface area contributed by atoms with Gasteiger partial charge in [0, 0.05) is 12.0 Å². The lowest BCUT2D eigenvalue weighted by atomic mass is 10.0. The zero-order chi connectivity index (χ0) is 19.7. The van der Waals surface area contributed by atoms with Crippen LogP contribution in [0.1, 0.15) is 29.2 Å². The molecule has 0 saturated carbocycles. The number of thiophene rings is 1. The molecular weight excluding hydrogens is 392 g/mol. The first-order chi connectivity index (χ1) is 13.5. The summed E-state index contributed by atoms with van der Waals surface area (Å²) in [5, 5.41) is 8.50. The molecule has 1 aromatic heterocycles. The summed E-state index contributed by atoms with van der Waals surface area (Å²) in [5.41, 5.74) is 3.58. The topological polar surface area (TPSA) is 59.0 Å². The Balaban J connectivity index is 1.80. The highest BCUT2D eigenvalue weighted by Gasteiger charge is 2.37. The third kappa shape index (κ3) is 3.43. The van der Waals surface area contributed by atoms with Crippen molar-refractivity contribution < 1.29 is 13.2 Å². The molecule has 0 amide bonds. The maximum absolute atomic E-state index is 13.4. The van der Waals surface area contributed by atoms with E-state index in [4.69, 9.17) is 4.74 Å². The Labute approximate surface area is 169 Å². The summed E-state index contributed by atoms with van der Waals surface area (Å²) in [7, 11) is -2.19. The van der Waals surface area contributed by atoms with Crippen molar-refractivity contribution in [3.8, 4) is 5.75 Å². The second-order valence-corrected chi connectivity index (χ2v) is 9.22. The number of ether oxygens (including phenoxy) is 1. The van der Waals surface area contributed by atoms with Crippen LogP contribution < -0.4 is 4.74 Å². The maximum atomic E-state index is 13.4. The Hall–Kier alpha value is -2.64. The van der Waals surface area contributed by atoms with E-state index in [-0.39, 0.29) is 4.90 Å². The molecule has 2 aromatic carbocycles. The Morgan fingerprint density at radius 3 is 2.61 bits per heavy atom. The van der Waals surface area contributed by atoms with Gasteiger partial charge in [0.1, 0.15) is 5.75 Å². The van der Waals surface area contributed by atoms with Gasteiger partial charge in [0.05, 0.1) is 23.8 Å². The number of methoxy groups -OCH3 is 1. The molecule has 5 nitrogen and oxygen atoms in total. The molecule has 0 N–H and O–H groups in total. The molecule has 0 saturated heterocycles. The van der Waals surface area contributed by atoms with E-state index in [0.717, 1.165) is 22.4 Å². The van der Waals surface area contributed by atoms with Crippen LogP contribution in [0.2, 0.25) is 0 Å². The lowest BCUT2D eigenvalue weighted by Crippen LogP contribution is -2.27. The molecule has 1 aliphatic rings. The average molecular weight is 413 g/mol. The fourth-order valence-electron chi connectivity index (χ4n) is 3.23. The fraction of sp³-hybridized carbons (Fsp3) is 0.190. The van der Waals surface area contributed by atoms with E-state index in [1.807, 2.05) is 48.0 Å². The van der Waals surface area contributed by atoms with Crippen molar-refractivity contribution in [2.75, 3.05) is 7.11 Å². The van der Waals surface area contributed by atoms with Gasteiger partial charge in [-0.2, -0.15) is 29.3 Å². The summed E-state index contributed by atoms with van der Waals surface area (Å²) in [6, 6.07) is 15.9. The third-order valence-electron chi connectivity index (χ3n) is 4.77. The minimum absolute atomic E-state index is 0.237. The zero-order valence-electron chi connectivity index (χ0n) is 15.6. The minimum Gasteiger partial charge on any atom is -0.497 e. The second kappa shape index (κ2) is 7.41. The van der Waals surface area contributed by atoms with Gasteiger partial charge in [-0.1, -0.05) is 29.8 Å². The predicted octanol–water partition coefficient (Wildman–Crippen LogP) is 4.61. The molecule has 2 heterocycles. The van der Waals surface area contributed by atoms with E-state index in [0.29, 0.717) is 12.2 Å². The van der Waals surface area contributed by atoms with Crippen LogP contribution in [0.25, 0.3) is 0 Å². The summed E-state index contributed by atoms with van der Waals surface area (Å²) >= 11 is 1.57. The van der Waals surface area contributed by atoms with Gasteiger partial charge >= 0.3 is 0 Å². The zero-order valence-corrected chi connectivity index (χ0v) is 17.2. The SMILES string of the molecule is COc1cccc([C@@H]2CC(c3ccsc3)=NN2S(=O)(=O)c2ccc(C)cc2)c1. The van der Waals surface area contributed by atoms with Crippen LogP contribution in [0.3, 0.4) is 0 Å². The molecule has 0 aliphatic carbocycles. The van der Waals surface area contributed by atoms with Crippen LogP contribution in [0.5, 0.6) is 5.75 Å². The first-order valence-electron chi connectivity index (χ1n) is 8.84. The highest BCUT2D eigenvalue weighted by molar-refractivity contribution is 7.89. The largest absolute Gasteiger partial charge is 0.497 e. The molecule has 1 aliphatic heterocycles. The number of hydrogen-bond donors (Lipinski definition) is 0. The summed E-state index contributed by atoms with van der Waals surface area (Å²) in [5.74, 6) is 0.689. The molecule has 0 bridgehead atoms. The van der Waals surface area contributed by atoms with Crippen molar-refractivity contribution >= 4 is 27.1 Å². The summed E-state index contributed by atoms with van der Waals surface area (Å²) in [6.45, 7) is 1.93. The van der Waals surface area contributed by atoms with E-state index in [1.54, 1.807) is 42.7 Å². The smallest absolute Gasteiger partial charge is 0.279 e. The Bertz CT molecular complexity index is 1100. The minimum atomic E-state index is -3.79. The Kier molecular flexibility index (Phi) is 4.95. The molecule has 7 heteroatoms. The Morgan fingerprint density at radius 2 is 1.93 bits per heavy atom. The molecule has 0 radical (unpaired) electrons. The van der Waals surface area contributed by atoms with Crippen LogP contribution in [0.4, 0.5) is 0 Å². The summed E-state index contributed by atoms with van der Waals surface area (Å²) < 4.78 is 33.4. The predicted molar refractivity (Wildman–Crippen MR) is 111 cm³/mol. The van der Waals surface area contributed by atoms with Crippen LogP contribution in [-0.2, 0) is 10.0 Å². The van der Waals surface area contributed by atoms with E-state index in [2.05, 4.69) is 5.10 Å². The molecule has 0 fully saturated rings. The monoisotopic (exact) mass is 412 g/mol. The van der Waals surface area contributed by atoms with Gasteiger partial charge in [0.25, 0.3) is 10.0 Å². The highest BCUT2D eigenvalue weighted by atomic mass is 32.2. The normalized spacial score (nSPS) is 16.9. The van der Waals surface area contributed by atoms with E-state index in [1.165, 1.54) is 4.41 Å². The van der Waals surface area contributed by atoms with Crippen LogP contribution in [0.15, 0.2) is 75.4 Å². The third-order valence-corrected chi connectivity index (χ3v) is 7.15. The van der Waals surface area contributed by atoms with Gasteiger partial charge in [-0.15, -0.1) is 0 Å². The number of hydrogen-bond acceptors (Lipinski definition) is 5. The molecule has 0 unspecified atom stereocenters. The lowest BCUT2D eigenvalue weighted by Gasteiger charge is -2.23. The fourth-order valence-corrected chi connectivity index (χ4v) is 5.33. The van der Waals surface area contributed by atoms with Crippen molar-refractivity contribution in [2.45, 2.75) is 24.3 Å². The molecule has 3 aromatic rings. The standard InChI is InChI=1S/C21H20N2O3S2/c1-15-6-8-19(9-7-15)28(24,25)23-21(16-4-3-5-18(12-16)26-2)13-20(22-23)17-10-11-27-14-17/h3-12,14,21H,13H2,1-2H3/t21-/m0/s1. The number of nitrogens with zero attached hydrogens (tertiary/aromatic N) is 2. The van der Waals surface area contributed by atoms with Crippen molar-refractivity contribution in [1.82, 2.24) is 4.41 Å². The first kappa shape index (κ1) is 18.7. The quantitative estimate of drug-likeness (QED) is 0.615. The molecule has 144 valence electrons. The molecule has 0 spiro atoms. The van der Waals surface area contributed by atoms with Crippen molar-refractivity contribution in [1.29, 1.82) is 0 Å². The van der Waals surface area contributed by atoms with Crippen molar-refractivity contribution in [3.63, 3.8) is 0 Å². The summed E-state index contributed by atoms with van der Waals surface area (Å²) in [4.78, 5) is 0.237. The van der Waals surface area contributed by atoms with E-state index < -0.39 is 16.1 Å². The number of rotatable bonds is 5. The number of hydrazone groups is 1. The van der Waals surface area contributed by atoms with Gasteiger partial charge < -0.3 is 4.74 Å². The van der Waals surface area contributed by atoms with Crippen molar-refractivity contribution in [3.05, 3.63) is 82.0 Å². The first-order valence-corrected chi connectivity index (χ1v) is 11.2. The Morgan fingerprint density at radius 1 is 1.14 bits per heavy atom. The van der Waals surface area contributed by atoms with Gasteiger partial charge in [-0.3, -0.25) is 0 Å². The molecular formula is C21H20N2O3S2. The van der Waals surface area contributed by atoms with Crippen molar-refractivity contribution in [2.24, 2.45) is 5.10 Å². The summed E-state index contributed by atoms with van der Waals surface area (Å²) in [6.07, 6.45) is 0.509. The van der Waals surface area contributed by atoms with Crippen LogP contribution in [-0.4, -0.2) is 25.7 Å². The molecule has 28 heavy (non-hydrogen) atoms. The number of benzene rings is 2.